The van der Waals surface area contributed by atoms with Gasteiger partial charge in [0.1, 0.15) is 6.61 Å². The Bertz CT molecular complexity index is 1110. The molecule has 0 saturated carbocycles. The zero-order valence-corrected chi connectivity index (χ0v) is 18.5. The van der Waals surface area contributed by atoms with Crippen LogP contribution in [0, 0.1) is 11.3 Å². The largest absolute Gasteiger partial charge is 0.490 e. The first kappa shape index (κ1) is 22.5. The van der Waals surface area contributed by atoms with E-state index in [4.69, 9.17) is 32.7 Å². The molecule has 0 aromatic heterocycles. The van der Waals surface area contributed by atoms with Crippen molar-refractivity contribution >= 4 is 29.4 Å². The van der Waals surface area contributed by atoms with Gasteiger partial charge in [-0.05, 0) is 42.3 Å². The summed E-state index contributed by atoms with van der Waals surface area (Å²) in [7, 11) is 0. The predicted molar refractivity (Wildman–Crippen MR) is 124 cm³/mol. The van der Waals surface area contributed by atoms with E-state index in [9.17, 15) is 5.26 Å². The fourth-order valence-electron chi connectivity index (χ4n) is 2.86. The van der Waals surface area contributed by atoms with E-state index >= 15 is 0 Å². The van der Waals surface area contributed by atoms with Crippen molar-refractivity contribution in [1.82, 2.24) is 5.43 Å². The van der Waals surface area contributed by atoms with E-state index in [2.05, 4.69) is 16.6 Å². The van der Waals surface area contributed by atoms with Gasteiger partial charge >= 0.3 is 0 Å². The molecule has 0 aliphatic rings. The zero-order chi connectivity index (χ0) is 22.1. The Kier molecular flexibility index (Phi) is 8.17. The van der Waals surface area contributed by atoms with E-state index in [0.717, 1.165) is 16.7 Å². The molecule has 158 valence electrons. The lowest BCUT2D eigenvalue weighted by molar-refractivity contribution is 0.269. The fraction of sp³-hybridized carbons (Fsp3) is 0.167. The molecule has 1 N–H and O–H groups in total. The van der Waals surface area contributed by atoms with Crippen molar-refractivity contribution < 1.29 is 9.47 Å². The molecule has 0 fully saturated rings. The van der Waals surface area contributed by atoms with Crippen LogP contribution in [0.2, 0.25) is 10.0 Å². The van der Waals surface area contributed by atoms with Crippen molar-refractivity contribution in [3.63, 3.8) is 0 Å². The molecule has 0 radical (unpaired) electrons. The molecule has 3 aromatic carbocycles. The van der Waals surface area contributed by atoms with Crippen molar-refractivity contribution in [2.45, 2.75) is 20.1 Å². The SMILES string of the molecule is CCOc1cc(/C=N\NCc2ccccc2Cl)cc(Cl)c1OCc1ccccc1C#N. The van der Waals surface area contributed by atoms with Gasteiger partial charge in [-0.3, -0.25) is 0 Å². The predicted octanol–water partition coefficient (Wildman–Crippen LogP) is 5.97. The molecule has 0 bridgehead atoms. The van der Waals surface area contributed by atoms with Gasteiger partial charge in [-0.2, -0.15) is 10.4 Å². The minimum absolute atomic E-state index is 0.205. The molecule has 0 unspecified atom stereocenters. The summed E-state index contributed by atoms with van der Waals surface area (Å²) >= 11 is 12.6. The topological polar surface area (TPSA) is 66.6 Å². The molecule has 5 nitrogen and oxygen atoms in total. The Morgan fingerprint density at radius 1 is 1.00 bits per heavy atom. The third-order valence-corrected chi connectivity index (χ3v) is 5.02. The minimum Gasteiger partial charge on any atom is -0.490 e. The van der Waals surface area contributed by atoms with E-state index in [0.29, 0.717) is 40.3 Å². The van der Waals surface area contributed by atoms with Gasteiger partial charge in [-0.15, -0.1) is 0 Å². The standard InChI is InChI=1S/C24H21Cl2N3O2/c1-2-30-23-12-17(14-28-29-15-19-8-5-6-10-21(19)25)11-22(26)24(23)31-16-20-9-4-3-7-18(20)13-27/h3-12,14,29H,2,15-16H2,1H3/b28-14-. The lowest BCUT2D eigenvalue weighted by Gasteiger charge is -2.15. The second kappa shape index (κ2) is 11.3. The summed E-state index contributed by atoms with van der Waals surface area (Å²) < 4.78 is 11.6. The third-order valence-electron chi connectivity index (χ3n) is 4.37. The second-order valence-corrected chi connectivity index (χ2v) is 7.32. The maximum absolute atomic E-state index is 9.25. The Labute approximate surface area is 191 Å². The quantitative estimate of drug-likeness (QED) is 0.320. The summed E-state index contributed by atoms with van der Waals surface area (Å²) in [6, 6.07) is 20.6. The first-order valence-corrected chi connectivity index (χ1v) is 10.4. The van der Waals surface area contributed by atoms with Crippen LogP contribution in [0.3, 0.4) is 0 Å². The molecule has 31 heavy (non-hydrogen) atoms. The first-order chi connectivity index (χ1) is 15.1. The molecular formula is C24H21Cl2N3O2. The van der Waals surface area contributed by atoms with Crippen molar-refractivity contribution in [2.24, 2.45) is 5.10 Å². The van der Waals surface area contributed by atoms with Gasteiger partial charge in [0.15, 0.2) is 11.5 Å². The molecule has 0 spiro atoms. The molecule has 0 aliphatic heterocycles. The average molecular weight is 454 g/mol. The molecule has 3 aromatic rings. The van der Waals surface area contributed by atoms with Crippen LogP contribution in [0.25, 0.3) is 0 Å². The number of nitrogens with zero attached hydrogens (tertiary/aromatic N) is 2. The monoisotopic (exact) mass is 453 g/mol. The smallest absolute Gasteiger partial charge is 0.180 e. The van der Waals surface area contributed by atoms with Crippen LogP contribution in [0.1, 0.15) is 29.2 Å². The van der Waals surface area contributed by atoms with Crippen LogP contribution >= 0.6 is 23.2 Å². The maximum atomic E-state index is 9.25. The maximum Gasteiger partial charge on any atom is 0.180 e. The van der Waals surface area contributed by atoms with Gasteiger partial charge < -0.3 is 14.9 Å². The molecule has 0 heterocycles. The van der Waals surface area contributed by atoms with Gasteiger partial charge in [0.2, 0.25) is 0 Å². The van der Waals surface area contributed by atoms with Crippen LogP contribution < -0.4 is 14.9 Å². The van der Waals surface area contributed by atoms with E-state index in [1.165, 1.54) is 0 Å². The van der Waals surface area contributed by atoms with Crippen LogP contribution in [0.5, 0.6) is 11.5 Å². The molecule has 0 amide bonds. The summed E-state index contributed by atoms with van der Waals surface area (Å²) in [6.45, 7) is 3.04. The highest BCUT2D eigenvalue weighted by molar-refractivity contribution is 6.32. The van der Waals surface area contributed by atoms with Gasteiger partial charge in [0, 0.05) is 10.6 Å². The van der Waals surface area contributed by atoms with E-state index in [1.807, 2.05) is 55.5 Å². The molecule has 0 atom stereocenters. The van der Waals surface area contributed by atoms with Crippen LogP contribution in [-0.4, -0.2) is 12.8 Å². The van der Waals surface area contributed by atoms with Crippen molar-refractivity contribution in [3.05, 3.63) is 93.0 Å². The number of nitriles is 1. The number of rotatable bonds is 9. The van der Waals surface area contributed by atoms with Gasteiger partial charge in [-0.1, -0.05) is 59.6 Å². The van der Waals surface area contributed by atoms with Gasteiger partial charge in [0.25, 0.3) is 0 Å². The number of nitrogens with one attached hydrogen (secondary N) is 1. The van der Waals surface area contributed by atoms with Crippen molar-refractivity contribution in [3.8, 4) is 17.6 Å². The Morgan fingerprint density at radius 2 is 1.74 bits per heavy atom. The average Bonchev–Trinajstić information content (AvgIpc) is 2.77. The Morgan fingerprint density at radius 3 is 2.48 bits per heavy atom. The highest BCUT2D eigenvalue weighted by atomic mass is 35.5. The van der Waals surface area contributed by atoms with E-state index in [-0.39, 0.29) is 6.61 Å². The molecule has 0 saturated heterocycles. The number of hydrogen-bond acceptors (Lipinski definition) is 5. The van der Waals surface area contributed by atoms with Crippen LogP contribution in [-0.2, 0) is 13.2 Å². The number of halogens is 2. The van der Waals surface area contributed by atoms with Crippen LogP contribution in [0.4, 0.5) is 0 Å². The van der Waals surface area contributed by atoms with E-state index in [1.54, 1.807) is 18.3 Å². The summed E-state index contributed by atoms with van der Waals surface area (Å²) in [5, 5.41) is 14.6. The van der Waals surface area contributed by atoms with Gasteiger partial charge in [0.05, 0.1) is 36.0 Å². The molecule has 0 aliphatic carbocycles. The summed E-state index contributed by atoms with van der Waals surface area (Å²) in [6.07, 6.45) is 1.65. The normalized spacial score (nSPS) is 10.6. The second-order valence-electron chi connectivity index (χ2n) is 6.51. The minimum atomic E-state index is 0.205. The highest BCUT2D eigenvalue weighted by Gasteiger charge is 2.13. The van der Waals surface area contributed by atoms with Gasteiger partial charge in [-0.25, -0.2) is 0 Å². The first-order valence-electron chi connectivity index (χ1n) is 9.68. The van der Waals surface area contributed by atoms with Crippen LogP contribution in [0.15, 0.2) is 65.8 Å². The summed E-state index contributed by atoms with van der Waals surface area (Å²) in [4.78, 5) is 0. The Balaban J connectivity index is 1.72. The zero-order valence-electron chi connectivity index (χ0n) is 16.9. The van der Waals surface area contributed by atoms with Crippen molar-refractivity contribution in [1.29, 1.82) is 5.26 Å². The molecule has 7 heteroatoms. The van der Waals surface area contributed by atoms with Crippen molar-refractivity contribution in [2.75, 3.05) is 6.61 Å². The number of ether oxygens (including phenoxy) is 2. The number of hydrazone groups is 1. The fourth-order valence-corrected chi connectivity index (χ4v) is 3.34. The molecule has 3 rings (SSSR count). The lowest BCUT2D eigenvalue weighted by atomic mass is 10.1. The highest BCUT2D eigenvalue weighted by Crippen LogP contribution is 2.37. The third kappa shape index (κ3) is 6.14. The number of hydrogen-bond donors (Lipinski definition) is 1. The molecular weight excluding hydrogens is 433 g/mol. The summed E-state index contributed by atoms with van der Waals surface area (Å²) in [5.74, 6) is 0.939. The Hall–Kier alpha value is -3.20. The lowest BCUT2D eigenvalue weighted by Crippen LogP contribution is -2.06. The number of benzene rings is 3. The summed E-state index contributed by atoms with van der Waals surface area (Å²) in [5.41, 5.74) is 6.02. The van der Waals surface area contributed by atoms with E-state index < -0.39 is 0 Å².